The molecular weight excluding hydrogens is 370 g/mol. The summed E-state index contributed by atoms with van der Waals surface area (Å²) >= 11 is 5.74. The van der Waals surface area contributed by atoms with Crippen LogP contribution in [0.25, 0.3) is 6.08 Å². The van der Waals surface area contributed by atoms with Gasteiger partial charge in [-0.05, 0) is 30.7 Å². The Hall–Kier alpha value is -3.19. The smallest absolute Gasteiger partial charge is 0.355 e. The van der Waals surface area contributed by atoms with Crippen LogP contribution in [0.5, 0.6) is 0 Å². The molecule has 0 bridgehead atoms. The predicted molar refractivity (Wildman–Crippen MR) is 102 cm³/mol. The Morgan fingerprint density at radius 2 is 1.85 bits per heavy atom. The molecule has 1 aromatic heterocycles. The van der Waals surface area contributed by atoms with Crippen LogP contribution in [0.15, 0.2) is 54.4 Å². The molecule has 1 aromatic carbocycles. The van der Waals surface area contributed by atoms with Gasteiger partial charge in [0, 0.05) is 13.1 Å². The summed E-state index contributed by atoms with van der Waals surface area (Å²) in [5.41, 5.74) is 0.624. The molecule has 0 unspecified atom stereocenters. The number of hydrogen-bond donors (Lipinski definition) is 2. The number of ether oxygens (including phenoxy) is 1. The maximum absolute atomic E-state index is 12.4. The van der Waals surface area contributed by atoms with E-state index in [-0.39, 0.29) is 11.5 Å². The lowest BCUT2D eigenvalue weighted by atomic mass is 10.2. The van der Waals surface area contributed by atoms with E-state index in [1.165, 1.54) is 32.2 Å². The Morgan fingerprint density at radius 3 is 2.44 bits per heavy atom. The van der Waals surface area contributed by atoms with Crippen molar-refractivity contribution in [3.05, 3.63) is 64.9 Å². The highest BCUT2D eigenvalue weighted by molar-refractivity contribution is 6.30. The van der Waals surface area contributed by atoms with Crippen LogP contribution in [-0.2, 0) is 19.1 Å². The molecule has 0 fully saturated rings. The largest absolute Gasteiger partial charge is 0.448 e. The Balaban J connectivity index is 2.06. The van der Waals surface area contributed by atoms with Crippen molar-refractivity contribution in [3.8, 4) is 0 Å². The van der Waals surface area contributed by atoms with Crippen molar-refractivity contribution in [1.82, 2.24) is 10.3 Å². The summed E-state index contributed by atoms with van der Waals surface area (Å²) in [5, 5.41) is 5.36. The molecule has 0 saturated heterocycles. The number of carbonyl (C=O) groups excluding carboxylic acids is 3. The van der Waals surface area contributed by atoms with E-state index in [4.69, 9.17) is 16.3 Å². The van der Waals surface area contributed by atoms with Crippen molar-refractivity contribution < 1.29 is 19.1 Å². The molecule has 0 aliphatic carbocycles. The highest BCUT2D eigenvalue weighted by Gasteiger charge is 2.21. The number of carbonyl (C=O) groups is 3. The number of hydrogen-bond acceptors (Lipinski definition) is 5. The maximum atomic E-state index is 12.4. The molecular formula is C19H18ClN3O4. The molecule has 1 atom stereocenters. The SMILES string of the molecule is CC(=O)N/C(=C\c1ccccc1)C(=O)O[C@H](C)C(=O)Nc1ccc(Cl)cn1. The molecule has 0 aliphatic heterocycles. The quantitative estimate of drug-likeness (QED) is 0.586. The van der Waals surface area contributed by atoms with Gasteiger partial charge in [-0.25, -0.2) is 9.78 Å². The fourth-order valence-electron chi connectivity index (χ4n) is 2.01. The molecule has 2 aromatic rings. The third kappa shape index (κ3) is 6.56. The number of esters is 1. The average Bonchev–Trinajstić information content (AvgIpc) is 2.63. The molecule has 0 spiro atoms. The molecule has 2 amide bonds. The van der Waals surface area contributed by atoms with Crippen LogP contribution in [0.3, 0.4) is 0 Å². The highest BCUT2D eigenvalue weighted by Crippen LogP contribution is 2.11. The predicted octanol–water partition coefficient (Wildman–Crippen LogP) is 2.78. The van der Waals surface area contributed by atoms with Crippen molar-refractivity contribution in [2.75, 3.05) is 5.32 Å². The molecule has 140 valence electrons. The number of nitrogens with one attached hydrogen (secondary N) is 2. The van der Waals surface area contributed by atoms with E-state index in [9.17, 15) is 14.4 Å². The van der Waals surface area contributed by atoms with Crippen molar-refractivity contribution in [2.24, 2.45) is 0 Å². The lowest BCUT2D eigenvalue weighted by molar-refractivity contribution is -0.149. The summed E-state index contributed by atoms with van der Waals surface area (Å²) in [6.07, 6.45) is 1.74. The van der Waals surface area contributed by atoms with E-state index >= 15 is 0 Å². The summed E-state index contributed by atoms with van der Waals surface area (Å²) in [7, 11) is 0. The molecule has 2 N–H and O–H groups in total. The molecule has 0 radical (unpaired) electrons. The van der Waals surface area contributed by atoms with Gasteiger partial charge in [-0.2, -0.15) is 0 Å². The third-order valence-corrected chi connectivity index (χ3v) is 3.50. The zero-order valence-corrected chi connectivity index (χ0v) is 15.5. The highest BCUT2D eigenvalue weighted by atomic mass is 35.5. The Kier molecular flexibility index (Phi) is 7.08. The van der Waals surface area contributed by atoms with Gasteiger partial charge in [-0.1, -0.05) is 41.9 Å². The van der Waals surface area contributed by atoms with Crippen molar-refractivity contribution in [3.63, 3.8) is 0 Å². The first-order valence-corrected chi connectivity index (χ1v) is 8.40. The zero-order chi connectivity index (χ0) is 19.8. The minimum absolute atomic E-state index is 0.0713. The number of nitrogens with zero attached hydrogens (tertiary/aromatic N) is 1. The van der Waals surface area contributed by atoms with E-state index in [2.05, 4.69) is 15.6 Å². The van der Waals surface area contributed by atoms with Crippen molar-refractivity contribution in [2.45, 2.75) is 20.0 Å². The first-order chi connectivity index (χ1) is 12.8. The van der Waals surface area contributed by atoms with Gasteiger partial charge >= 0.3 is 5.97 Å². The Morgan fingerprint density at radius 1 is 1.15 bits per heavy atom. The fraction of sp³-hybridized carbons (Fsp3) is 0.158. The molecule has 8 heteroatoms. The van der Waals surface area contributed by atoms with E-state index in [0.717, 1.165) is 0 Å². The standard InChI is InChI=1S/C19H18ClN3O4/c1-12(18(25)23-17-9-8-15(20)11-21-17)27-19(26)16(22-13(2)24)10-14-6-4-3-5-7-14/h3-12H,1-2H3,(H,22,24)(H,21,23,25)/b16-10-/t12-/m1/s1. The molecule has 0 aliphatic rings. The first-order valence-electron chi connectivity index (χ1n) is 8.03. The molecule has 27 heavy (non-hydrogen) atoms. The van der Waals surface area contributed by atoms with Gasteiger partial charge < -0.3 is 15.4 Å². The van der Waals surface area contributed by atoms with Crippen LogP contribution >= 0.6 is 11.6 Å². The molecule has 2 rings (SSSR count). The second kappa shape index (κ2) is 9.49. The van der Waals surface area contributed by atoms with Crippen molar-refractivity contribution in [1.29, 1.82) is 0 Å². The van der Waals surface area contributed by atoms with Gasteiger partial charge in [-0.15, -0.1) is 0 Å². The maximum Gasteiger partial charge on any atom is 0.355 e. The number of pyridine rings is 1. The van der Waals surface area contributed by atoms with E-state index < -0.39 is 23.9 Å². The lowest BCUT2D eigenvalue weighted by Crippen LogP contribution is -2.34. The van der Waals surface area contributed by atoms with Gasteiger partial charge in [-0.3, -0.25) is 9.59 Å². The summed E-state index contributed by atoms with van der Waals surface area (Å²) in [4.78, 5) is 39.9. The van der Waals surface area contributed by atoms with Gasteiger partial charge in [0.1, 0.15) is 11.5 Å². The average molecular weight is 388 g/mol. The minimum atomic E-state index is -1.11. The van der Waals surface area contributed by atoms with Crippen LogP contribution in [0, 0.1) is 0 Å². The van der Waals surface area contributed by atoms with Crippen LogP contribution in [-0.4, -0.2) is 28.9 Å². The third-order valence-electron chi connectivity index (χ3n) is 3.27. The molecule has 0 saturated carbocycles. The topological polar surface area (TPSA) is 97.4 Å². The summed E-state index contributed by atoms with van der Waals surface area (Å²) in [5.74, 6) is -1.56. The van der Waals surface area contributed by atoms with Gasteiger partial charge in [0.15, 0.2) is 6.10 Å². The number of rotatable bonds is 6. The normalized spacial score (nSPS) is 12.0. The van der Waals surface area contributed by atoms with E-state index in [1.54, 1.807) is 30.3 Å². The Bertz CT molecular complexity index is 851. The molecule has 1 heterocycles. The van der Waals surface area contributed by atoms with Crippen LogP contribution in [0.1, 0.15) is 19.4 Å². The zero-order valence-electron chi connectivity index (χ0n) is 14.7. The summed E-state index contributed by atoms with van der Waals surface area (Å²) in [6.45, 7) is 2.69. The summed E-state index contributed by atoms with van der Waals surface area (Å²) < 4.78 is 5.16. The van der Waals surface area contributed by atoms with Gasteiger partial charge in [0.05, 0.1) is 5.02 Å². The van der Waals surface area contributed by atoms with Crippen LogP contribution in [0.4, 0.5) is 5.82 Å². The van der Waals surface area contributed by atoms with Gasteiger partial charge in [0.25, 0.3) is 5.91 Å². The fourth-order valence-corrected chi connectivity index (χ4v) is 2.12. The van der Waals surface area contributed by atoms with E-state index in [1.807, 2.05) is 6.07 Å². The lowest BCUT2D eigenvalue weighted by Gasteiger charge is -2.15. The second-order valence-electron chi connectivity index (χ2n) is 5.55. The Labute approximate surface area is 161 Å². The number of anilines is 1. The number of aromatic nitrogens is 1. The van der Waals surface area contributed by atoms with Crippen molar-refractivity contribution >= 4 is 41.3 Å². The van der Waals surface area contributed by atoms with E-state index in [0.29, 0.717) is 10.6 Å². The van der Waals surface area contributed by atoms with Gasteiger partial charge in [0.2, 0.25) is 5.91 Å². The monoisotopic (exact) mass is 387 g/mol. The first kappa shape index (κ1) is 20.1. The van der Waals surface area contributed by atoms with Crippen LogP contribution < -0.4 is 10.6 Å². The number of benzene rings is 1. The minimum Gasteiger partial charge on any atom is -0.448 e. The number of halogens is 1. The second-order valence-corrected chi connectivity index (χ2v) is 5.98. The van der Waals surface area contributed by atoms with Crippen LogP contribution in [0.2, 0.25) is 5.02 Å². The number of amides is 2. The summed E-state index contributed by atoms with van der Waals surface area (Å²) in [6, 6.07) is 12.0. The molecule has 7 nitrogen and oxygen atoms in total.